The number of nitrogens with two attached hydrogens (primary N) is 1. The molecule has 1 saturated heterocycles. The Morgan fingerprint density at radius 2 is 2.10 bits per heavy atom. The van der Waals surface area contributed by atoms with E-state index in [9.17, 15) is 10.2 Å². The van der Waals surface area contributed by atoms with E-state index < -0.39 is 12.2 Å². The van der Waals surface area contributed by atoms with Gasteiger partial charge in [-0.25, -0.2) is 9.97 Å². The predicted octanol–water partition coefficient (Wildman–Crippen LogP) is 0.0749. The second kappa shape index (κ2) is 5.01. The zero-order valence-electron chi connectivity index (χ0n) is 11.2. The second-order valence-electron chi connectivity index (χ2n) is 5.25. The van der Waals surface area contributed by atoms with Gasteiger partial charge in [-0.3, -0.25) is 0 Å². The summed E-state index contributed by atoms with van der Waals surface area (Å²) in [6.07, 6.45) is 3.28. The van der Waals surface area contributed by atoms with Gasteiger partial charge in [-0.15, -0.1) is 0 Å². The minimum Gasteiger partial charge on any atom is -0.389 e. The molecule has 0 aliphatic carbocycles. The van der Waals surface area contributed by atoms with Crippen LogP contribution in [-0.2, 0) is 0 Å². The van der Waals surface area contributed by atoms with Gasteiger partial charge in [0, 0.05) is 17.8 Å². The quantitative estimate of drug-likeness (QED) is 0.541. The molecule has 0 radical (unpaired) electrons. The maximum atomic E-state index is 10.3. The highest BCUT2D eigenvalue weighted by Gasteiger charge is 2.42. The molecule has 1 aliphatic rings. The molecule has 0 aromatic carbocycles. The van der Waals surface area contributed by atoms with Crippen LogP contribution in [0.25, 0.3) is 11.0 Å². The Morgan fingerprint density at radius 1 is 1.30 bits per heavy atom. The maximum absolute atomic E-state index is 10.3. The summed E-state index contributed by atoms with van der Waals surface area (Å²) >= 11 is 0. The van der Waals surface area contributed by atoms with E-state index in [-0.39, 0.29) is 12.1 Å². The van der Waals surface area contributed by atoms with Crippen molar-refractivity contribution in [2.24, 2.45) is 0 Å². The van der Waals surface area contributed by atoms with Crippen molar-refractivity contribution in [2.75, 3.05) is 5.73 Å². The van der Waals surface area contributed by atoms with Crippen LogP contribution in [-0.4, -0.2) is 43.4 Å². The zero-order chi connectivity index (χ0) is 14.3. The summed E-state index contributed by atoms with van der Waals surface area (Å²) in [5.74, 6) is 0.374. The van der Waals surface area contributed by atoms with Crippen LogP contribution in [0.3, 0.4) is 0 Å². The number of rotatable bonds is 3. The minimum atomic E-state index is -0.860. The molecule has 7 heteroatoms. The van der Waals surface area contributed by atoms with E-state index in [1.807, 2.05) is 6.92 Å². The molecule has 3 rings (SSSR count). The summed E-state index contributed by atoms with van der Waals surface area (Å²) in [6, 6.07) is -0.464. The van der Waals surface area contributed by atoms with Gasteiger partial charge in [0.25, 0.3) is 0 Å². The van der Waals surface area contributed by atoms with Crippen molar-refractivity contribution in [1.29, 1.82) is 0 Å². The molecule has 1 fully saturated rings. The fourth-order valence-corrected chi connectivity index (χ4v) is 2.92. The molecule has 2 aromatic heterocycles. The summed E-state index contributed by atoms with van der Waals surface area (Å²) in [5.41, 5.74) is 7.93. The molecule has 0 amide bonds. The smallest absolute Gasteiger partial charge is 0.151 e. The number of H-pyrrole nitrogens is 1. The number of nitrogens with zero attached hydrogens (tertiary/aromatic N) is 2. The van der Waals surface area contributed by atoms with E-state index in [0.717, 1.165) is 18.4 Å². The van der Waals surface area contributed by atoms with Gasteiger partial charge in [0.1, 0.15) is 17.9 Å². The first-order valence-corrected chi connectivity index (χ1v) is 6.83. The molecule has 0 spiro atoms. The number of fused-ring (bicyclic) bond motifs is 1. The van der Waals surface area contributed by atoms with E-state index in [4.69, 9.17) is 5.73 Å². The van der Waals surface area contributed by atoms with Crippen LogP contribution < -0.4 is 11.1 Å². The largest absolute Gasteiger partial charge is 0.389 e. The van der Waals surface area contributed by atoms with Crippen LogP contribution in [0.4, 0.5) is 5.82 Å². The molecular weight excluding hydrogens is 258 g/mol. The summed E-state index contributed by atoms with van der Waals surface area (Å²) < 4.78 is 0. The second-order valence-corrected chi connectivity index (χ2v) is 5.25. The number of aromatic nitrogens is 3. The fraction of sp³-hybridized carbons (Fsp3) is 0.538. The monoisotopic (exact) mass is 277 g/mol. The third-order valence-electron chi connectivity index (χ3n) is 3.95. The number of hydrogen-bond acceptors (Lipinski definition) is 6. The lowest BCUT2D eigenvalue weighted by Crippen LogP contribution is -2.32. The highest BCUT2D eigenvalue weighted by molar-refractivity contribution is 5.87. The van der Waals surface area contributed by atoms with Crippen molar-refractivity contribution < 1.29 is 10.2 Å². The highest BCUT2D eigenvalue weighted by atomic mass is 16.3. The molecule has 2 aromatic rings. The SMILES string of the molecule is CCCC1NC(c2c[nH]c3c(N)ncnc23)C(O)C1O. The molecule has 108 valence electrons. The number of nitrogen functional groups attached to an aromatic ring is 1. The highest BCUT2D eigenvalue weighted by Crippen LogP contribution is 2.33. The first kappa shape index (κ1) is 13.3. The number of aromatic amines is 1. The average Bonchev–Trinajstić information content (AvgIpc) is 2.97. The fourth-order valence-electron chi connectivity index (χ4n) is 2.92. The third kappa shape index (κ3) is 1.94. The molecule has 7 nitrogen and oxygen atoms in total. The number of nitrogens with one attached hydrogen (secondary N) is 2. The molecule has 4 atom stereocenters. The van der Waals surface area contributed by atoms with E-state index >= 15 is 0 Å². The number of hydrogen-bond donors (Lipinski definition) is 5. The van der Waals surface area contributed by atoms with Crippen LogP contribution in [0.15, 0.2) is 12.5 Å². The van der Waals surface area contributed by atoms with Crippen molar-refractivity contribution >= 4 is 16.9 Å². The minimum absolute atomic E-state index is 0.107. The third-order valence-corrected chi connectivity index (χ3v) is 3.95. The maximum Gasteiger partial charge on any atom is 0.151 e. The molecule has 20 heavy (non-hydrogen) atoms. The number of aliphatic hydroxyl groups excluding tert-OH is 2. The van der Waals surface area contributed by atoms with Crippen molar-refractivity contribution in [3.05, 3.63) is 18.1 Å². The average molecular weight is 277 g/mol. The molecule has 3 heterocycles. The summed E-state index contributed by atoms with van der Waals surface area (Å²) in [4.78, 5) is 11.2. The normalized spacial score (nSPS) is 30.1. The predicted molar refractivity (Wildman–Crippen MR) is 74.9 cm³/mol. The summed E-state index contributed by atoms with van der Waals surface area (Å²) in [5, 5.41) is 23.6. The summed E-state index contributed by atoms with van der Waals surface area (Å²) in [6.45, 7) is 2.05. The first-order valence-electron chi connectivity index (χ1n) is 6.83. The lowest BCUT2D eigenvalue weighted by molar-refractivity contribution is 0.0269. The van der Waals surface area contributed by atoms with Crippen molar-refractivity contribution in [3.63, 3.8) is 0 Å². The van der Waals surface area contributed by atoms with Gasteiger partial charge in [-0.1, -0.05) is 13.3 Å². The van der Waals surface area contributed by atoms with Crippen molar-refractivity contribution in [1.82, 2.24) is 20.3 Å². The molecule has 0 saturated carbocycles. The van der Waals surface area contributed by atoms with Gasteiger partial charge in [0.15, 0.2) is 5.82 Å². The van der Waals surface area contributed by atoms with Gasteiger partial charge < -0.3 is 26.2 Å². The van der Waals surface area contributed by atoms with Crippen LogP contribution in [0.5, 0.6) is 0 Å². The molecule has 6 N–H and O–H groups in total. The molecule has 4 unspecified atom stereocenters. The van der Waals surface area contributed by atoms with Gasteiger partial charge in [-0.2, -0.15) is 0 Å². The lowest BCUT2D eigenvalue weighted by atomic mass is 10.0. The first-order chi connectivity index (χ1) is 9.63. The van der Waals surface area contributed by atoms with E-state index in [2.05, 4.69) is 20.3 Å². The number of aliphatic hydroxyl groups is 2. The Hall–Kier alpha value is -1.70. The van der Waals surface area contributed by atoms with Gasteiger partial charge in [0.05, 0.1) is 17.7 Å². The molecular formula is C13H19N5O2. The van der Waals surface area contributed by atoms with E-state index in [1.165, 1.54) is 6.33 Å². The van der Waals surface area contributed by atoms with Gasteiger partial charge in [-0.05, 0) is 6.42 Å². The van der Waals surface area contributed by atoms with E-state index in [0.29, 0.717) is 16.9 Å². The summed E-state index contributed by atoms with van der Waals surface area (Å²) in [7, 11) is 0. The van der Waals surface area contributed by atoms with Gasteiger partial charge in [0.2, 0.25) is 0 Å². The van der Waals surface area contributed by atoms with Crippen LogP contribution in [0, 0.1) is 0 Å². The van der Waals surface area contributed by atoms with E-state index in [1.54, 1.807) is 6.20 Å². The Bertz CT molecular complexity index is 614. The Kier molecular flexibility index (Phi) is 3.33. The number of anilines is 1. The Labute approximate surface area is 116 Å². The Morgan fingerprint density at radius 3 is 2.85 bits per heavy atom. The molecule has 1 aliphatic heterocycles. The van der Waals surface area contributed by atoms with Crippen LogP contribution >= 0.6 is 0 Å². The van der Waals surface area contributed by atoms with Crippen molar-refractivity contribution in [3.8, 4) is 0 Å². The topological polar surface area (TPSA) is 120 Å². The standard InChI is InChI=1S/C13H19N5O2/c1-2-3-7-11(19)12(20)9(18-7)6-4-15-10-8(6)16-5-17-13(10)14/h4-5,7,9,11-12,15,18-20H,2-3H2,1H3,(H2,14,16,17). The Balaban J connectivity index is 1.97. The van der Waals surface area contributed by atoms with Crippen molar-refractivity contribution in [2.45, 2.75) is 44.1 Å². The van der Waals surface area contributed by atoms with Crippen LogP contribution in [0.2, 0.25) is 0 Å². The lowest BCUT2D eigenvalue weighted by Gasteiger charge is -2.14. The zero-order valence-corrected chi connectivity index (χ0v) is 11.2. The van der Waals surface area contributed by atoms with Crippen LogP contribution in [0.1, 0.15) is 31.4 Å². The molecule has 0 bridgehead atoms. The van der Waals surface area contributed by atoms with Gasteiger partial charge >= 0.3 is 0 Å².